The summed E-state index contributed by atoms with van der Waals surface area (Å²) in [6, 6.07) is 4.51. The molecule has 4 heteroatoms. The van der Waals surface area contributed by atoms with Crippen molar-refractivity contribution in [3.05, 3.63) is 29.6 Å². The number of rotatable bonds is 3. The molecule has 17 heavy (non-hydrogen) atoms. The molecule has 0 unspecified atom stereocenters. The van der Waals surface area contributed by atoms with Crippen molar-refractivity contribution < 1.29 is 13.9 Å². The standard InChI is InChI=1S/C13H18FNO2/c1-8(2)10-5-6-11(14)12(7-10)17-13(16)15-9(3)4/h5-9H,1-4H3,(H,15,16). The Balaban J connectivity index is 2.82. The second-order valence-electron chi connectivity index (χ2n) is 4.53. The molecule has 1 N–H and O–H groups in total. The quantitative estimate of drug-likeness (QED) is 0.877. The Bertz CT molecular complexity index is 402. The van der Waals surface area contributed by atoms with Crippen molar-refractivity contribution in [1.82, 2.24) is 5.32 Å². The highest BCUT2D eigenvalue weighted by Gasteiger charge is 2.12. The zero-order valence-electron chi connectivity index (χ0n) is 10.6. The third kappa shape index (κ3) is 4.06. The van der Waals surface area contributed by atoms with Gasteiger partial charge in [0.25, 0.3) is 0 Å². The highest BCUT2D eigenvalue weighted by atomic mass is 19.1. The first-order valence-corrected chi connectivity index (χ1v) is 5.68. The maximum Gasteiger partial charge on any atom is 0.412 e. The van der Waals surface area contributed by atoms with E-state index in [-0.39, 0.29) is 17.7 Å². The van der Waals surface area contributed by atoms with Crippen LogP contribution in [0.1, 0.15) is 39.2 Å². The van der Waals surface area contributed by atoms with E-state index < -0.39 is 11.9 Å². The maximum atomic E-state index is 13.4. The van der Waals surface area contributed by atoms with Gasteiger partial charge in [-0.15, -0.1) is 0 Å². The van der Waals surface area contributed by atoms with Crippen molar-refractivity contribution >= 4 is 6.09 Å². The smallest absolute Gasteiger partial charge is 0.407 e. The first-order valence-electron chi connectivity index (χ1n) is 5.68. The molecule has 0 aromatic heterocycles. The van der Waals surface area contributed by atoms with E-state index >= 15 is 0 Å². The molecule has 0 atom stereocenters. The number of carbonyl (C=O) groups excluding carboxylic acids is 1. The molecule has 0 spiro atoms. The van der Waals surface area contributed by atoms with Crippen molar-refractivity contribution in [2.75, 3.05) is 0 Å². The highest BCUT2D eigenvalue weighted by Crippen LogP contribution is 2.23. The molecule has 0 radical (unpaired) electrons. The summed E-state index contributed by atoms with van der Waals surface area (Å²) in [4.78, 5) is 11.4. The van der Waals surface area contributed by atoms with Gasteiger partial charge in [0.2, 0.25) is 0 Å². The largest absolute Gasteiger partial charge is 0.412 e. The van der Waals surface area contributed by atoms with E-state index in [1.807, 2.05) is 27.7 Å². The van der Waals surface area contributed by atoms with Crippen LogP contribution in [-0.4, -0.2) is 12.1 Å². The zero-order valence-corrected chi connectivity index (χ0v) is 10.6. The van der Waals surface area contributed by atoms with E-state index in [1.54, 1.807) is 12.1 Å². The van der Waals surface area contributed by atoms with Gasteiger partial charge in [0.05, 0.1) is 0 Å². The number of amides is 1. The normalized spacial score (nSPS) is 10.8. The zero-order chi connectivity index (χ0) is 13.0. The second-order valence-corrected chi connectivity index (χ2v) is 4.53. The Labute approximate surface area is 101 Å². The van der Waals surface area contributed by atoms with Crippen molar-refractivity contribution in [3.63, 3.8) is 0 Å². The summed E-state index contributed by atoms with van der Waals surface area (Å²) in [6.07, 6.45) is -0.639. The Kier molecular flexibility index (Phi) is 4.49. The molecule has 94 valence electrons. The fourth-order valence-electron chi connectivity index (χ4n) is 1.32. The van der Waals surface area contributed by atoms with Gasteiger partial charge in [-0.2, -0.15) is 0 Å². The summed E-state index contributed by atoms with van der Waals surface area (Å²) in [5.41, 5.74) is 0.929. The molecular weight excluding hydrogens is 221 g/mol. The minimum absolute atomic E-state index is 0.0330. The van der Waals surface area contributed by atoms with E-state index in [0.29, 0.717) is 0 Å². The van der Waals surface area contributed by atoms with Crippen LogP contribution in [0.3, 0.4) is 0 Å². The lowest BCUT2D eigenvalue weighted by Crippen LogP contribution is -2.32. The van der Waals surface area contributed by atoms with Gasteiger partial charge in [-0.1, -0.05) is 19.9 Å². The predicted molar refractivity (Wildman–Crippen MR) is 64.8 cm³/mol. The first kappa shape index (κ1) is 13.5. The van der Waals surface area contributed by atoms with Crippen LogP contribution in [0.4, 0.5) is 9.18 Å². The summed E-state index contributed by atoms with van der Waals surface area (Å²) in [7, 11) is 0. The van der Waals surface area contributed by atoms with Crippen molar-refractivity contribution in [1.29, 1.82) is 0 Å². The molecular formula is C13H18FNO2. The van der Waals surface area contributed by atoms with Crippen LogP contribution < -0.4 is 10.1 Å². The molecule has 0 saturated heterocycles. The minimum Gasteiger partial charge on any atom is -0.407 e. The molecule has 0 aliphatic carbocycles. The predicted octanol–water partition coefficient (Wildman–Crippen LogP) is 3.45. The molecule has 1 rings (SSSR count). The average molecular weight is 239 g/mol. The average Bonchev–Trinajstić information content (AvgIpc) is 2.19. The van der Waals surface area contributed by atoms with Crippen LogP contribution in [0.25, 0.3) is 0 Å². The van der Waals surface area contributed by atoms with Crippen molar-refractivity contribution in [2.45, 2.75) is 39.7 Å². The Morgan fingerprint density at radius 1 is 1.29 bits per heavy atom. The van der Waals surface area contributed by atoms with E-state index in [9.17, 15) is 9.18 Å². The van der Waals surface area contributed by atoms with Crippen LogP contribution in [0.2, 0.25) is 0 Å². The summed E-state index contributed by atoms with van der Waals surface area (Å²) < 4.78 is 18.3. The SMILES string of the molecule is CC(C)NC(=O)Oc1cc(C(C)C)ccc1F. The lowest BCUT2D eigenvalue weighted by atomic mass is 10.0. The fourth-order valence-corrected chi connectivity index (χ4v) is 1.32. The van der Waals surface area contributed by atoms with Crippen molar-refractivity contribution in [2.24, 2.45) is 0 Å². The van der Waals surface area contributed by atoms with Crippen LogP contribution in [-0.2, 0) is 0 Å². The van der Waals surface area contributed by atoms with Gasteiger partial charge >= 0.3 is 6.09 Å². The Morgan fingerprint density at radius 2 is 1.94 bits per heavy atom. The van der Waals surface area contributed by atoms with Gasteiger partial charge in [-0.3, -0.25) is 0 Å². The monoisotopic (exact) mass is 239 g/mol. The van der Waals surface area contributed by atoms with Gasteiger partial charge in [0.1, 0.15) is 0 Å². The number of ether oxygens (including phenoxy) is 1. The molecule has 0 aliphatic heterocycles. The minimum atomic E-state index is -0.639. The van der Waals surface area contributed by atoms with Crippen molar-refractivity contribution in [3.8, 4) is 5.75 Å². The van der Waals surface area contributed by atoms with Crippen LogP contribution >= 0.6 is 0 Å². The number of halogens is 1. The lowest BCUT2D eigenvalue weighted by molar-refractivity contribution is 0.195. The van der Waals surface area contributed by atoms with E-state index in [1.165, 1.54) is 6.07 Å². The number of carbonyl (C=O) groups is 1. The molecule has 0 heterocycles. The number of hydrogen-bond acceptors (Lipinski definition) is 2. The summed E-state index contributed by atoms with van der Waals surface area (Å²) in [5, 5.41) is 2.54. The van der Waals surface area contributed by atoms with Gasteiger partial charge in [0, 0.05) is 6.04 Å². The Hall–Kier alpha value is -1.58. The molecule has 1 aromatic rings. The molecule has 0 bridgehead atoms. The molecule has 0 fully saturated rings. The summed E-state index contributed by atoms with van der Waals surface area (Å²) in [6.45, 7) is 7.60. The topological polar surface area (TPSA) is 38.3 Å². The summed E-state index contributed by atoms with van der Waals surface area (Å²) in [5.74, 6) is -0.311. The third-order valence-electron chi connectivity index (χ3n) is 2.23. The number of hydrogen-bond donors (Lipinski definition) is 1. The number of nitrogens with one attached hydrogen (secondary N) is 1. The van der Waals surface area contributed by atoms with Crippen LogP contribution in [0.5, 0.6) is 5.75 Å². The highest BCUT2D eigenvalue weighted by molar-refractivity contribution is 5.70. The molecule has 1 amide bonds. The Morgan fingerprint density at radius 3 is 2.47 bits per heavy atom. The van der Waals surface area contributed by atoms with Gasteiger partial charge in [0.15, 0.2) is 11.6 Å². The van der Waals surface area contributed by atoms with Crippen LogP contribution in [0, 0.1) is 5.82 Å². The molecule has 1 aromatic carbocycles. The van der Waals surface area contributed by atoms with Gasteiger partial charge in [-0.25, -0.2) is 9.18 Å². The maximum absolute atomic E-state index is 13.4. The number of benzene rings is 1. The third-order valence-corrected chi connectivity index (χ3v) is 2.23. The fraction of sp³-hybridized carbons (Fsp3) is 0.462. The van der Waals surface area contributed by atoms with E-state index in [0.717, 1.165) is 5.56 Å². The molecule has 0 aliphatic rings. The second kappa shape index (κ2) is 5.66. The van der Waals surface area contributed by atoms with E-state index in [4.69, 9.17) is 4.74 Å². The molecule has 3 nitrogen and oxygen atoms in total. The first-order chi connectivity index (χ1) is 7.90. The molecule has 0 saturated carbocycles. The van der Waals surface area contributed by atoms with Gasteiger partial charge in [-0.05, 0) is 37.5 Å². The van der Waals surface area contributed by atoms with E-state index in [2.05, 4.69) is 5.32 Å². The van der Waals surface area contributed by atoms with Gasteiger partial charge < -0.3 is 10.1 Å². The van der Waals surface area contributed by atoms with Crippen LogP contribution in [0.15, 0.2) is 18.2 Å². The summed E-state index contributed by atoms with van der Waals surface area (Å²) >= 11 is 0. The lowest BCUT2D eigenvalue weighted by Gasteiger charge is -2.11.